The van der Waals surface area contributed by atoms with Crippen LogP contribution >= 0.6 is 0 Å². The Hall–Kier alpha value is -1.64. The van der Waals surface area contributed by atoms with Gasteiger partial charge in [0.2, 0.25) is 0 Å². The maximum atomic E-state index is 8.28. The Morgan fingerprint density at radius 3 is 2.92 bits per heavy atom. The van der Waals surface area contributed by atoms with E-state index in [1.54, 1.807) is 0 Å². The molecule has 0 radical (unpaired) electrons. The molecule has 0 amide bonds. The topological polar surface area (TPSA) is 45.0 Å². The maximum Gasteiger partial charge on any atom is 0.118 e. The van der Waals surface area contributed by atoms with E-state index in [0.717, 1.165) is 11.1 Å². The Bertz CT molecular complexity index is 344. The van der Waals surface area contributed by atoms with Crippen molar-refractivity contribution in [3.8, 4) is 0 Å². The largest absolute Gasteiger partial charge is 0.395 e. The predicted octanol–water partition coefficient (Wildman–Crippen LogP) is 2.60. The summed E-state index contributed by atoms with van der Waals surface area (Å²) >= 11 is 0. The van der Waals surface area contributed by atoms with Crippen LogP contribution in [0.3, 0.4) is 0 Å². The summed E-state index contributed by atoms with van der Waals surface area (Å²) in [6.45, 7) is 0. The first kappa shape index (κ1) is 7.03. The molecule has 1 aromatic rings. The van der Waals surface area contributed by atoms with Crippen LogP contribution in [0.25, 0.3) is 6.08 Å². The highest BCUT2D eigenvalue weighted by Crippen LogP contribution is 2.30. The Morgan fingerprint density at radius 2 is 2.08 bits per heavy atom. The van der Waals surface area contributed by atoms with Crippen molar-refractivity contribution >= 4 is 6.08 Å². The lowest BCUT2D eigenvalue weighted by Crippen LogP contribution is -1.87. The van der Waals surface area contributed by atoms with Crippen LogP contribution in [0, 0.1) is 0 Å². The molecule has 1 aliphatic rings. The van der Waals surface area contributed by atoms with E-state index in [4.69, 9.17) is 5.21 Å². The molecule has 1 aliphatic carbocycles. The summed E-state index contributed by atoms with van der Waals surface area (Å²) in [6.07, 6.45) is 3.89. The lowest BCUT2D eigenvalue weighted by atomic mass is 10.1. The van der Waals surface area contributed by atoms with E-state index in [-0.39, 0.29) is 6.04 Å². The Balaban J connectivity index is 2.42. The molecule has 1 aromatic carbocycles. The highest BCUT2D eigenvalue weighted by Gasteiger charge is 2.15. The van der Waals surface area contributed by atoms with E-state index in [1.807, 2.05) is 36.4 Å². The molecule has 0 fully saturated rings. The molecule has 0 spiro atoms. The lowest BCUT2D eigenvalue weighted by Gasteiger charge is -2.01. The summed E-state index contributed by atoms with van der Waals surface area (Å²) in [5, 5.41) is 14.7. The fraction of sp³-hybridized carbons (Fsp3) is 0.111. The molecule has 3 heteroatoms. The molecule has 12 heavy (non-hydrogen) atoms. The van der Waals surface area contributed by atoms with Crippen molar-refractivity contribution in [3.63, 3.8) is 0 Å². The summed E-state index contributed by atoms with van der Waals surface area (Å²) < 4.78 is 0. The Labute approximate surface area is 70.0 Å². The van der Waals surface area contributed by atoms with Gasteiger partial charge in [0, 0.05) is 5.28 Å². The van der Waals surface area contributed by atoms with E-state index >= 15 is 0 Å². The van der Waals surface area contributed by atoms with E-state index in [2.05, 4.69) is 10.4 Å². The van der Waals surface area contributed by atoms with Gasteiger partial charge >= 0.3 is 0 Å². The molecule has 60 valence electrons. The number of hydrogen-bond acceptors (Lipinski definition) is 2. The van der Waals surface area contributed by atoms with Gasteiger partial charge in [-0.15, -0.1) is 5.11 Å². The summed E-state index contributed by atoms with van der Waals surface area (Å²) in [4.78, 5) is 0. The second kappa shape index (κ2) is 2.77. The van der Waals surface area contributed by atoms with E-state index in [9.17, 15) is 0 Å². The molecule has 2 rings (SSSR count). The zero-order valence-electron chi connectivity index (χ0n) is 6.38. The average molecular weight is 160 g/mol. The first-order valence-electron chi connectivity index (χ1n) is 3.73. The van der Waals surface area contributed by atoms with Gasteiger partial charge in [0.05, 0.1) is 0 Å². The molecule has 3 nitrogen and oxygen atoms in total. The van der Waals surface area contributed by atoms with Crippen LogP contribution in [0.4, 0.5) is 0 Å². The van der Waals surface area contributed by atoms with Crippen LogP contribution in [-0.4, -0.2) is 5.21 Å². The van der Waals surface area contributed by atoms with Gasteiger partial charge in [-0.1, -0.05) is 36.4 Å². The highest BCUT2D eigenvalue weighted by atomic mass is 16.5. The molecule has 0 saturated carbocycles. The molecular formula is C9H8N2O. The summed E-state index contributed by atoms with van der Waals surface area (Å²) in [7, 11) is 0. The fourth-order valence-corrected chi connectivity index (χ4v) is 1.39. The van der Waals surface area contributed by atoms with Gasteiger partial charge < -0.3 is 5.21 Å². The number of fused-ring (bicyclic) bond motifs is 1. The minimum atomic E-state index is -0.105. The third-order valence-electron chi connectivity index (χ3n) is 1.95. The predicted molar refractivity (Wildman–Crippen MR) is 44.9 cm³/mol. The molecule has 1 N–H and O–H groups in total. The zero-order valence-corrected chi connectivity index (χ0v) is 6.38. The van der Waals surface area contributed by atoms with Gasteiger partial charge in [-0.3, -0.25) is 0 Å². The maximum absolute atomic E-state index is 8.28. The first-order valence-corrected chi connectivity index (χ1v) is 3.73. The summed E-state index contributed by atoms with van der Waals surface area (Å²) in [5.41, 5.74) is 2.24. The van der Waals surface area contributed by atoms with E-state index in [1.165, 1.54) is 0 Å². The summed E-state index contributed by atoms with van der Waals surface area (Å²) in [6, 6.07) is 7.81. The van der Waals surface area contributed by atoms with E-state index < -0.39 is 0 Å². The monoisotopic (exact) mass is 160 g/mol. The number of rotatable bonds is 1. The SMILES string of the molecule is O/N=N/C1C=Cc2ccccc21. The number of hydrogen-bond donors (Lipinski definition) is 1. The van der Waals surface area contributed by atoms with Crippen LogP contribution < -0.4 is 0 Å². The number of nitrogens with zero attached hydrogens (tertiary/aromatic N) is 2. The normalized spacial score (nSPS) is 20.2. The second-order valence-electron chi connectivity index (χ2n) is 2.64. The highest BCUT2D eigenvalue weighted by molar-refractivity contribution is 5.61. The van der Waals surface area contributed by atoms with Crippen molar-refractivity contribution in [2.24, 2.45) is 10.4 Å². The van der Waals surface area contributed by atoms with Crippen molar-refractivity contribution in [1.82, 2.24) is 0 Å². The smallest absolute Gasteiger partial charge is 0.118 e. The van der Waals surface area contributed by atoms with Gasteiger partial charge in [0.25, 0.3) is 0 Å². The second-order valence-corrected chi connectivity index (χ2v) is 2.64. The third kappa shape index (κ3) is 0.993. The molecule has 0 bridgehead atoms. The van der Waals surface area contributed by atoms with E-state index in [0.29, 0.717) is 0 Å². The zero-order chi connectivity index (χ0) is 8.39. The van der Waals surface area contributed by atoms with Crippen molar-refractivity contribution in [2.75, 3.05) is 0 Å². The van der Waals surface area contributed by atoms with Gasteiger partial charge in [-0.05, 0) is 11.1 Å². The van der Waals surface area contributed by atoms with Gasteiger partial charge in [-0.25, -0.2) is 0 Å². The van der Waals surface area contributed by atoms with Crippen molar-refractivity contribution in [2.45, 2.75) is 6.04 Å². The quantitative estimate of drug-likeness (QED) is 0.498. The Kier molecular flexibility index (Phi) is 1.63. The van der Waals surface area contributed by atoms with Gasteiger partial charge in [0.15, 0.2) is 0 Å². The van der Waals surface area contributed by atoms with Crippen LogP contribution in [-0.2, 0) is 0 Å². The van der Waals surface area contributed by atoms with Crippen LogP contribution in [0.15, 0.2) is 40.7 Å². The average Bonchev–Trinajstić information content (AvgIpc) is 2.50. The molecule has 0 aromatic heterocycles. The van der Waals surface area contributed by atoms with Crippen LogP contribution in [0.5, 0.6) is 0 Å². The molecule has 1 atom stereocenters. The Morgan fingerprint density at radius 1 is 1.25 bits per heavy atom. The van der Waals surface area contributed by atoms with Crippen molar-refractivity contribution in [3.05, 3.63) is 41.5 Å². The first-order chi connectivity index (χ1) is 5.92. The summed E-state index contributed by atoms with van der Waals surface area (Å²) in [5.74, 6) is 0. The minimum Gasteiger partial charge on any atom is -0.395 e. The third-order valence-corrected chi connectivity index (χ3v) is 1.95. The van der Waals surface area contributed by atoms with Crippen molar-refractivity contribution in [1.29, 1.82) is 0 Å². The van der Waals surface area contributed by atoms with Gasteiger partial charge in [-0.2, -0.15) is 0 Å². The minimum absolute atomic E-state index is 0.105. The standard InChI is InChI=1S/C9H8N2O/c12-11-10-9-6-5-7-3-1-2-4-8(7)9/h1-6,9H,(H,10,12). The molecule has 1 unspecified atom stereocenters. The molecule has 0 saturated heterocycles. The van der Waals surface area contributed by atoms with Crippen LogP contribution in [0.1, 0.15) is 17.2 Å². The van der Waals surface area contributed by atoms with Crippen LogP contribution in [0.2, 0.25) is 0 Å². The lowest BCUT2D eigenvalue weighted by molar-refractivity contribution is 0.277. The van der Waals surface area contributed by atoms with Gasteiger partial charge in [0.1, 0.15) is 6.04 Å². The fourth-order valence-electron chi connectivity index (χ4n) is 1.39. The molecular weight excluding hydrogens is 152 g/mol. The number of benzene rings is 1. The molecule has 0 heterocycles. The molecule has 0 aliphatic heterocycles. The van der Waals surface area contributed by atoms with Crippen molar-refractivity contribution < 1.29 is 5.21 Å².